The summed E-state index contributed by atoms with van der Waals surface area (Å²) < 4.78 is 38.0. The summed E-state index contributed by atoms with van der Waals surface area (Å²) in [6.45, 7) is 17.7. The van der Waals surface area contributed by atoms with E-state index in [9.17, 15) is 4.79 Å². The molecule has 48 heavy (non-hydrogen) atoms. The quantitative estimate of drug-likeness (QED) is 0.180. The molecule has 0 bridgehead atoms. The SMILES string of the molecule is CCC(C)C(OC(=O)N(c1ccnc(Nc2ccc(OCCN3CCN(C(C)C)CC3)c(F)c2)n1)c1ccc(OC)cc1OC)C(C)C. The van der Waals surface area contributed by atoms with Gasteiger partial charge in [-0.3, -0.25) is 9.80 Å². The molecule has 1 amide bonds. The molecular formula is C36H51FN6O5. The van der Waals surface area contributed by atoms with Crippen LogP contribution < -0.4 is 24.4 Å². The van der Waals surface area contributed by atoms with E-state index < -0.39 is 11.9 Å². The predicted octanol–water partition coefficient (Wildman–Crippen LogP) is 7.13. The van der Waals surface area contributed by atoms with Crippen molar-refractivity contribution in [2.24, 2.45) is 11.8 Å². The number of aromatic nitrogens is 2. The summed E-state index contributed by atoms with van der Waals surface area (Å²) in [4.78, 5) is 29.0. The van der Waals surface area contributed by atoms with Crippen LogP contribution in [0.25, 0.3) is 0 Å². The third-order valence-corrected chi connectivity index (χ3v) is 8.77. The minimum absolute atomic E-state index is 0.0911. The van der Waals surface area contributed by atoms with Crippen LogP contribution in [0.5, 0.6) is 17.2 Å². The maximum Gasteiger partial charge on any atom is 0.420 e. The third kappa shape index (κ3) is 9.47. The first-order chi connectivity index (χ1) is 23.0. The van der Waals surface area contributed by atoms with Crippen molar-refractivity contribution in [1.82, 2.24) is 19.8 Å². The van der Waals surface area contributed by atoms with E-state index in [0.717, 1.165) is 39.1 Å². The molecule has 11 nitrogen and oxygen atoms in total. The highest BCUT2D eigenvalue weighted by Crippen LogP contribution is 2.37. The lowest BCUT2D eigenvalue weighted by Gasteiger charge is -2.36. The number of carbonyl (C=O) groups is 1. The van der Waals surface area contributed by atoms with Gasteiger partial charge in [0.05, 0.1) is 19.9 Å². The van der Waals surface area contributed by atoms with Crippen molar-refractivity contribution in [3.63, 3.8) is 0 Å². The maximum atomic E-state index is 15.1. The number of methoxy groups -OCH3 is 2. The smallest absolute Gasteiger partial charge is 0.420 e. The molecule has 1 aliphatic heterocycles. The van der Waals surface area contributed by atoms with E-state index in [4.69, 9.17) is 18.9 Å². The van der Waals surface area contributed by atoms with Gasteiger partial charge >= 0.3 is 6.09 Å². The highest BCUT2D eigenvalue weighted by atomic mass is 19.1. The van der Waals surface area contributed by atoms with Crippen molar-refractivity contribution in [3.8, 4) is 17.2 Å². The van der Waals surface area contributed by atoms with Crippen molar-refractivity contribution < 1.29 is 28.1 Å². The maximum absolute atomic E-state index is 15.1. The number of benzene rings is 2. The van der Waals surface area contributed by atoms with Crippen molar-refractivity contribution >= 4 is 29.2 Å². The topological polar surface area (TPSA) is 102 Å². The number of amides is 1. The van der Waals surface area contributed by atoms with Crippen LogP contribution in [0.15, 0.2) is 48.7 Å². The first-order valence-electron chi connectivity index (χ1n) is 16.8. The molecule has 1 fully saturated rings. The predicted molar refractivity (Wildman–Crippen MR) is 187 cm³/mol. The third-order valence-electron chi connectivity index (χ3n) is 8.77. The minimum Gasteiger partial charge on any atom is -0.497 e. The Balaban J connectivity index is 1.51. The summed E-state index contributed by atoms with van der Waals surface area (Å²) in [5.41, 5.74) is 0.837. The van der Waals surface area contributed by atoms with E-state index in [1.807, 2.05) is 13.8 Å². The Hall–Kier alpha value is -4.16. The lowest BCUT2D eigenvalue weighted by molar-refractivity contribution is 0.0419. The van der Waals surface area contributed by atoms with Gasteiger partial charge in [-0.1, -0.05) is 34.1 Å². The molecule has 0 saturated carbocycles. The van der Waals surface area contributed by atoms with Gasteiger partial charge in [0.25, 0.3) is 0 Å². The minimum atomic E-state index is -0.614. The van der Waals surface area contributed by atoms with E-state index in [1.165, 1.54) is 24.3 Å². The molecule has 1 aliphatic rings. The summed E-state index contributed by atoms with van der Waals surface area (Å²) in [6, 6.07) is 11.9. The van der Waals surface area contributed by atoms with Gasteiger partial charge in [-0.15, -0.1) is 0 Å². The number of anilines is 4. The molecule has 1 N–H and O–H groups in total. The first kappa shape index (κ1) is 36.7. The normalized spacial score (nSPS) is 15.2. The molecule has 0 radical (unpaired) electrons. The number of hydrogen-bond donors (Lipinski definition) is 1. The number of halogens is 1. The number of nitrogens with zero attached hydrogens (tertiary/aromatic N) is 5. The van der Waals surface area contributed by atoms with Crippen LogP contribution in [-0.2, 0) is 4.74 Å². The molecule has 2 aromatic carbocycles. The summed E-state index contributed by atoms with van der Waals surface area (Å²) in [7, 11) is 3.07. The summed E-state index contributed by atoms with van der Waals surface area (Å²) >= 11 is 0. The number of ether oxygens (including phenoxy) is 4. The van der Waals surface area contributed by atoms with Gasteiger partial charge in [-0.05, 0) is 49.9 Å². The summed E-state index contributed by atoms with van der Waals surface area (Å²) in [5, 5.41) is 3.05. The fourth-order valence-corrected chi connectivity index (χ4v) is 5.74. The molecular weight excluding hydrogens is 615 g/mol. The zero-order chi connectivity index (χ0) is 34.8. The van der Waals surface area contributed by atoms with Crippen molar-refractivity contribution in [1.29, 1.82) is 0 Å². The van der Waals surface area contributed by atoms with Crippen molar-refractivity contribution in [2.45, 2.75) is 60.1 Å². The van der Waals surface area contributed by atoms with Crippen LogP contribution in [0.4, 0.5) is 32.3 Å². The standard InChI is InChI=1S/C36H51FN6O5/c1-9-26(6)34(24(2)3)48-36(44)43(30-12-11-28(45-7)23-32(30)46-8)33-14-15-38-35(40-33)39-27-10-13-31(29(37)22-27)47-21-20-41-16-18-42(19-17-41)25(4)5/h10-15,22-26,34H,9,16-21H2,1-8H3,(H,38,39,40). The van der Waals surface area contributed by atoms with Gasteiger partial charge in [0, 0.05) is 68.8 Å². The van der Waals surface area contributed by atoms with E-state index >= 15 is 4.39 Å². The molecule has 2 unspecified atom stereocenters. The zero-order valence-electron chi connectivity index (χ0n) is 29.5. The number of carbonyl (C=O) groups excluding carboxylic acids is 1. The van der Waals surface area contributed by atoms with E-state index in [0.29, 0.717) is 35.5 Å². The Labute approximate surface area is 284 Å². The number of nitrogens with one attached hydrogen (secondary N) is 1. The molecule has 2 heterocycles. The van der Waals surface area contributed by atoms with E-state index in [1.54, 1.807) is 43.5 Å². The second-order valence-corrected chi connectivity index (χ2v) is 12.7. The van der Waals surface area contributed by atoms with E-state index in [-0.39, 0.29) is 35.5 Å². The van der Waals surface area contributed by atoms with Crippen molar-refractivity contribution in [3.05, 3.63) is 54.5 Å². The summed E-state index contributed by atoms with van der Waals surface area (Å²) in [5.74, 6) is 1.26. The zero-order valence-corrected chi connectivity index (χ0v) is 29.5. The molecule has 0 aliphatic carbocycles. The van der Waals surface area contributed by atoms with Crippen LogP contribution in [0.2, 0.25) is 0 Å². The van der Waals surface area contributed by atoms with Gasteiger partial charge in [-0.2, -0.15) is 4.98 Å². The molecule has 262 valence electrons. The van der Waals surface area contributed by atoms with Crippen LogP contribution in [0.1, 0.15) is 48.0 Å². The molecule has 4 rings (SSSR count). The number of rotatable bonds is 15. The molecule has 12 heteroatoms. The fourth-order valence-electron chi connectivity index (χ4n) is 5.74. The highest BCUT2D eigenvalue weighted by molar-refractivity contribution is 5.97. The lowest BCUT2D eigenvalue weighted by Crippen LogP contribution is -2.49. The van der Waals surface area contributed by atoms with Gasteiger partial charge in [0.2, 0.25) is 5.95 Å². The number of hydrogen-bond acceptors (Lipinski definition) is 10. The molecule has 2 atom stereocenters. The average molecular weight is 667 g/mol. The highest BCUT2D eigenvalue weighted by Gasteiger charge is 2.31. The number of piperazine rings is 1. The van der Waals surface area contributed by atoms with Gasteiger partial charge in [-0.25, -0.2) is 19.1 Å². The molecule has 1 saturated heterocycles. The Morgan fingerprint density at radius 3 is 2.35 bits per heavy atom. The Morgan fingerprint density at radius 1 is 0.979 bits per heavy atom. The van der Waals surface area contributed by atoms with Gasteiger partial charge in [0.15, 0.2) is 11.6 Å². The van der Waals surface area contributed by atoms with Crippen LogP contribution in [0.3, 0.4) is 0 Å². The second kappa shape index (κ2) is 17.3. The van der Waals surface area contributed by atoms with Gasteiger partial charge < -0.3 is 24.3 Å². The van der Waals surface area contributed by atoms with Gasteiger partial charge in [0.1, 0.15) is 30.0 Å². The van der Waals surface area contributed by atoms with E-state index in [2.05, 4.69) is 52.8 Å². The molecule has 1 aromatic heterocycles. The monoisotopic (exact) mass is 666 g/mol. The molecule has 0 spiro atoms. The van der Waals surface area contributed by atoms with Crippen LogP contribution in [-0.4, -0.2) is 91.6 Å². The van der Waals surface area contributed by atoms with Crippen LogP contribution >= 0.6 is 0 Å². The fraction of sp³-hybridized carbons (Fsp3) is 0.528. The summed E-state index contributed by atoms with van der Waals surface area (Å²) in [6.07, 6.45) is 1.42. The lowest BCUT2D eigenvalue weighted by atomic mass is 9.93. The van der Waals surface area contributed by atoms with Crippen LogP contribution in [0, 0.1) is 17.7 Å². The van der Waals surface area contributed by atoms with Crippen molar-refractivity contribution in [2.75, 3.05) is 63.8 Å². The Morgan fingerprint density at radius 2 is 1.73 bits per heavy atom. The molecule has 3 aromatic rings. The Kier molecular flexibility index (Phi) is 13.2. The average Bonchev–Trinajstić information content (AvgIpc) is 3.08. The largest absolute Gasteiger partial charge is 0.497 e. The second-order valence-electron chi connectivity index (χ2n) is 12.7. The Bertz CT molecular complexity index is 1480. The first-order valence-corrected chi connectivity index (χ1v) is 16.8.